The Morgan fingerprint density at radius 2 is 2.28 bits per heavy atom. The van der Waals surface area contributed by atoms with Crippen LogP contribution in [-0.2, 0) is 17.9 Å². The quantitative estimate of drug-likeness (QED) is 0.539. The third-order valence-corrected chi connectivity index (χ3v) is 2.65. The van der Waals surface area contributed by atoms with E-state index in [1.54, 1.807) is 0 Å². The molecule has 0 bridgehead atoms. The van der Waals surface area contributed by atoms with E-state index in [4.69, 9.17) is 9.15 Å². The van der Waals surface area contributed by atoms with E-state index in [1.807, 2.05) is 13.0 Å². The number of hydrogen-bond donors (Lipinski definition) is 1. The first-order valence-electron chi connectivity index (χ1n) is 6.61. The maximum atomic E-state index is 5.69. The Morgan fingerprint density at radius 3 is 2.94 bits per heavy atom. The highest BCUT2D eigenvalue weighted by Crippen LogP contribution is 2.15. The Balaban J connectivity index is 2.35. The van der Waals surface area contributed by atoms with Crippen LogP contribution in [-0.4, -0.2) is 13.2 Å². The third kappa shape index (κ3) is 5.52. The standard InChI is InChI=1S/C15H25NO2/c1-5-6-7-17-11-14-8-15(18-13(14)4)10-16-9-12(2)3/h5,8,12,16H,1,6-7,9-11H2,2-4H3. The molecule has 1 aromatic rings. The second-order valence-corrected chi connectivity index (χ2v) is 4.95. The van der Waals surface area contributed by atoms with E-state index in [9.17, 15) is 0 Å². The fraction of sp³-hybridized carbons (Fsp3) is 0.600. The van der Waals surface area contributed by atoms with Crippen LogP contribution in [0.25, 0.3) is 0 Å². The molecule has 0 saturated heterocycles. The van der Waals surface area contributed by atoms with Gasteiger partial charge < -0.3 is 14.5 Å². The molecule has 0 fully saturated rings. The van der Waals surface area contributed by atoms with Crippen LogP contribution in [0.1, 0.15) is 37.4 Å². The van der Waals surface area contributed by atoms with Gasteiger partial charge in [-0.3, -0.25) is 0 Å². The van der Waals surface area contributed by atoms with Crippen molar-refractivity contribution in [3.8, 4) is 0 Å². The molecule has 0 aromatic carbocycles. The van der Waals surface area contributed by atoms with Crippen LogP contribution in [0, 0.1) is 12.8 Å². The monoisotopic (exact) mass is 251 g/mol. The summed E-state index contributed by atoms with van der Waals surface area (Å²) in [5.74, 6) is 2.59. The average molecular weight is 251 g/mol. The van der Waals surface area contributed by atoms with Gasteiger partial charge in [0.05, 0.1) is 19.8 Å². The van der Waals surface area contributed by atoms with E-state index in [0.717, 1.165) is 43.2 Å². The smallest absolute Gasteiger partial charge is 0.118 e. The van der Waals surface area contributed by atoms with Crippen molar-refractivity contribution in [1.29, 1.82) is 0 Å². The third-order valence-electron chi connectivity index (χ3n) is 2.65. The number of ether oxygens (including phenoxy) is 1. The number of aryl methyl sites for hydroxylation is 1. The van der Waals surface area contributed by atoms with Gasteiger partial charge in [-0.1, -0.05) is 19.9 Å². The topological polar surface area (TPSA) is 34.4 Å². The number of nitrogens with one attached hydrogen (secondary N) is 1. The Bertz CT molecular complexity index is 355. The highest BCUT2D eigenvalue weighted by Gasteiger charge is 2.07. The molecule has 102 valence electrons. The summed E-state index contributed by atoms with van der Waals surface area (Å²) >= 11 is 0. The second-order valence-electron chi connectivity index (χ2n) is 4.95. The lowest BCUT2D eigenvalue weighted by molar-refractivity contribution is 0.124. The van der Waals surface area contributed by atoms with Crippen LogP contribution in [0.4, 0.5) is 0 Å². The van der Waals surface area contributed by atoms with E-state index in [2.05, 4.69) is 31.8 Å². The fourth-order valence-electron chi connectivity index (χ4n) is 1.65. The molecule has 3 heteroatoms. The fourth-order valence-corrected chi connectivity index (χ4v) is 1.65. The maximum absolute atomic E-state index is 5.69. The molecule has 1 aromatic heterocycles. The lowest BCUT2D eigenvalue weighted by Gasteiger charge is -2.04. The van der Waals surface area contributed by atoms with Crippen molar-refractivity contribution in [2.45, 2.75) is 40.3 Å². The van der Waals surface area contributed by atoms with Gasteiger partial charge in [-0.25, -0.2) is 0 Å². The summed E-state index contributed by atoms with van der Waals surface area (Å²) < 4.78 is 11.2. The van der Waals surface area contributed by atoms with Crippen molar-refractivity contribution in [1.82, 2.24) is 5.32 Å². The minimum absolute atomic E-state index is 0.618. The van der Waals surface area contributed by atoms with E-state index < -0.39 is 0 Å². The van der Waals surface area contributed by atoms with Crippen LogP contribution in [0.3, 0.4) is 0 Å². The zero-order valence-corrected chi connectivity index (χ0v) is 11.8. The Hall–Kier alpha value is -1.06. The average Bonchev–Trinajstić information content (AvgIpc) is 2.65. The highest BCUT2D eigenvalue weighted by atomic mass is 16.5. The molecule has 0 saturated carbocycles. The van der Waals surface area contributed by atoms with Crippen LogP contribution in [0.15, 0.2) is 23.1 Å². The molecular formula is C15H25NO2. The first kappa shape index (κ1) is 15.0. The van der Waals surface area contributed by atoms with Crippen molar-refractivity contribution < 1.29 is 9.15 Å². The molecule has 18 heavy (non-hydrogen) atoms. The van der Waals surface area contributed by atoms with Gasteiger partial charge >= 0.3 is 0 Å². The largest absolute Gasteiger partial charge is 0.465 e. The summed E-state index contributed by atoms with van der Waals surface area (Å²) in [5.41, 5.74) is 1.14. The Morgan fingerprint density at radius 1 is 1.50 bits per heavy atom. The van der Waals surface area contributed by atoms with Gasteiger partial charge in [0.2, 0.25) is 0 Å². The lowest BCUT2D eigenvalue weighted by Crippen LogP contribution is -2.18. The predicted molar refractivity (Wildman–Crippen MR) is 74.5 cm³/mol. The number of rotatable bonds is 9. The molecule has 0 aliphatic heterocycles. The van der Waals surface area contributed by atoms with Gasteiger partial charge in [-0.05, 0) is 31.9 Å². The van der Waals surface area contributed by atoms with Crippen molar-refractivity contribution >= 4 is 0 Å². The van der Waals surface area contributed by atoms with Gasteiger partial charge in [0.25, 0.3) is 0 Å². The molecule has 1 N–H and O–H groups in total. The predicted octanol–water partition coefficient (Wildman–Crippen LogP) is 3.43. The van der Waals surface area contributed by atoms with Crippen LogP contribution < -0.4 is 5.32 Å². The number of furan rings is 1. The molecule has 0 aliphatic rings. The summed E-state index contributed by atoms with van der Waals surface area (Å²) in [6.45, 7) is 13.2. The van der Waals surface area contributed by atoms with Crippen molar-refractivity contribution in [3.05, 3.63) is 35.8 Å². The molecule has 0 amide bonds. The summed E-state index contributed by atoms with van der Waals surface area (Å²) in [7, 11) is 0. The van der Waals surface area contributed by atoms with Crippen molar-refractivity contribution in [2.24, 2.45) is 5.92 Å². The van der Waals surface area contributed by atoms with E-state index in [1.165, 1.54) is 0 Å². The van der Waals surface area contributed by atoms with Crippen molar-refractivity contribution in [3.63, 3.8) is 0 Å². The summed E-state index contributed by atoms with van der Waals surface area (Å²) in [4.78, 5) is 0. The second kappa shape index (κ2) is 8.11. The Labute approximate surface area is 110 Å². The van der Waals surface area contributed by atoms with Gasteiger partial charge in [0.1, 0.15) is 11.5 Å². The highest BCUT2D eigenvalue weighted by molar-refractivity contribution is 5.19. The van der Waals surface area contributed by atoms with Crippen LogP contribution >= 0.6 is 0 Å². The van der Waals surface area contributed by atoms with Gasteiger partial charge in [0, 0.05) is 5.56 Å². The van der Waals surface area contributed by atoms with Gasteiger partial charge in [0.15, 0.2) is 0 Å². The molecule has 0 atom stereocenters. The van der Waals surface area contributed by atoms with Gasteiger partial charge in [-0.2, -0.15) is 0 Å². The SMILES string of the molecule is C=CCCOCc1cc(CNCC(C)C)oc1C. The van der Waals surface area contributed by atoms with E-state index in [-0.39, 0.29) is 0 Å². The summed E-state index contributed by atoms with van der Waals surface area (Å²) in [6, 6.07) is 2.08. The summed E-state index contributed by atoms with van der Waals surface area (Å²) in [5, 5.41) is 3.37. The number of hydrogen-bond acceptors (Lipinski definition) is 3. The van der Waals surface area contributed by atoms with E-state index in [0.29, 0.717) is 12.5 Å². The summed E-state index contributed by atoms with van der Waals surface area (Å²) in [6.07, 6.45) is 2.75. The zero-order valence-electron chi connectivity index (χ0n) is 11.8. The minimum atomic E-state index is 0.618. The zero-order chi connectivity index (χ0) is 13.4. The molecule has 1 heterocycles. The van der Waals surface area contributed by atoms with Crippen LogP contribution in [0.2, 0.25) is 0 Å². The first-order valence-corrected chi connectivity index (χ1v) is 6.61. The van der Waals surface area contributed by atoms with Crippen LogP contribution in [0.5, 0.6) is 0 Å². The molecule has 0 spiro atoms. The molecule has 3 nitrogen and oxygen atoms in total. The molecular weight excluding hydrogens is 226 g/mol. The Kier molecular flexibility index (Phi) is 6.76. The molecule has 0 aliphatic carbocycles. The maximum Gasteiger partial charge on any atom is 0.118 e. The normalized spacial score (nSPS) is 11.1. The van der Waals surface area contributed by atoms with Crippen molar-refractivity contribution in [2.75, 3.05) is 13.2 Å². The first-order chi connectivity index (χ1) is 8.63. The molecule has 0 radical (unpaired) electrons. The molecule has 1 rings (SSSR count). The minimum Gasteiger partial charge on any atom is -0.465 e. The van der Waals surface area contributed by atoms with Gasteiger partial charge in [-0.15, -0.1) is 6.58 Å². The lowest BCUT2D eigenvalue weighted by atomic mass is 10.2. The van der Waals surface area contributed by atoms with E-state index >= 15 is 0 Å². The molecule has 0 unspecified atom stereocenters.